The Labute approximate surface area is 245 Å². The molecule has 0 N–H and O–H groups in total. The van der Waals surface area contributed by atoms with Gasteiger partial charge in [-0.25, -0.2) is 0 Å². The van der Waals surface area contributed by atoms with Gasteiger partial charge in [-0.05, 0) is 70.6 Å². The second-order valence-corrected chi connectivity index (χ2v) is 12.3. The van der Waals surface area contributed by atoms with Gasteiger partial charge in [-0.2, -0.15) is 0 Å². The number of esters is 1. The lowest BCUT2D eigenvalue weighted by atomic mass is 9.87. The van der Waals surface area contributed by atoms with E-state index in [1.165, 1.54) is 167 Å². The Kier molecular flexibility index (Phi) is 26.3. The van der Waals surface area contributed by atoms with Crippen molar-refractivity contribution >= 4 is 5.97 Å². The summed E-state index contributed by atoms with van der Waals surface area (Å²) in [4.78, 5) is 11.9. The van der Waals surface area contributed by atoms with Crippen molar-refractivity contribution in [3.63, 3.8) is 0 Å². The van der Waals surface area contributed by atoms with Crippen molar-refractivity contribution in [1.29, 1.82) is 0 Å². The predicted molar refractivity (Wildman–Crippen MR) is 172 cm³/mol. The lowest BCUT2D eigenvalue weighted by molar-refractivity contribution is -0.186. The van der Waals surface area contributed by atoms with Gasteiger partial charge in [0.2, 0.25) is 0 Å². The Balaban J connectivity index is 1.85. The van der Waals surface area contributed by atoms with Crippen molar-refractivity contribution in [2.45, 2.75) is 200 Å². The molecule has 1 aliphatic heterocycles. The quantitative estimate of drug-likeness (QED) is 0.0510. The van der Waals surface area contributed by atoms with Gasteiger partial charge in [-0.3, -0.25) is 4.79 Å². The lowest BCUT2D eigenvalue weighted by Crippen LogP contribution is -2.44. The maximum Gasteiger partial charge on any atom is 0.313 e. The smallest absolute Gasteiger partial charge is 0.313 e. The molecule has 0 aromatic carbocycles. The summed E-state index contributed by atoms with van der Waals surface area (Å²) < 4.78 is 5.49. The fourth-order valence-electron chi connectivity index (χ4n) is 5.81. The number of ether oxygens (including phenoxy) is 1. The van der Waals surface area contributed by atoms with E-state index >= 15 is 0 Å². The van der Waals surface area contributed by atoms with Gasteiger partial charge in [-0.1, -0.05) is 147 Å². The van der Waals surface area contributed by atoms with Gasteiger partial charge in [0.25, 0.3) is 0 Å². The summed E-state index contributed by atoms with van der Waals surface area (Å²) in [5, 5.41) is 0. The van der Waals surface area contributed by atoms with Crippen LogP contribution >= 0.6 is 0 Å². The summed E-state index contributed by atoms with van der Waals surface area (Å²) >= 11 is 0. The van der Waals surface area contributed by atoms with Crippen LogP contribution in [0.25, 0.3) is 0 Å². The molecule has 0 spiro atoms. The molecule has 2 heteroatoms. The molecule has 0 aromatic heterocycles. The van der Waals surface area contributed by atoms with E-state index in [4.69, 9.17) is 4.74 Å². The first-order valence-corrected chi connectivity index (χ1v) is 17.8. The summed E-state index contributed by atoms with van der Waals surface area (Å²) in [6, 6.07) is 0. The van der Waals surface area contributed by atoms with E-state index in [9.17, 15) is 4.79 Å². The molecule has 2 nitrogen and oxygen atoms in total. The Morgan fingerprint density at radius 2 is 0.795 bits per heavy atom. The second kappa shape index (κ2) is 28.5. The highest BCUT2D eigenvalue weighted by Crippen LogP contribution is 2.31. The van der Waals surface area contributed by atoms with Crippen molar-refractivity contribution in [3.05, 3.63) is 24.3 Å². The van der Waals surface area contributed by atoms with Crippen LogP contribution in [0.15, 0.2) is 24.3 Å². The molecule has 1 aliphatic rings. The van der Waals surface area contributed by atoms with Gasteiger partial charge in [0, 0.05) is 0 Å². The number of carbonyl (C=O) groups excluding carboxylic acids is 1. The topological polar surface area (TPSA) is 26.3 Å². The molecular weight excluding hydrogens is 476 g/mol. The average molecular weight is 545 g/mol. The zero-order valence-corrected chi connectivity index (χ0v) is 26.6. The van der Waals surface area contributed by atoms with Crippen LogP contribution in [0.3, 0.4) is 0 Å². The number of hydrogen-bond donors (Lipinski definition) is 0. The molecule has 0 aromatic rings. The van der Waals surface area contributed by atoms with Crippen molar-refractivity contribution < 1.29 is 9.53 Å². The van der Waals surface area contributed by atoms with E-state index in [0.29, 0.717) is 0 Å². The molecule has 2 unspecified atom stereocenters. The van der Waals surface area contributed by atoms with E-state index in [2.05, 4.69) is 38.2 Å². The van der Waals surface area contributed by atoms with Crippen molar-refractivity contribution in [1.82, 2.24) is 0 Å². The summed E-state index contributed by atoms with van der Waals surface area (Å²) in [5.74, 6) is 0.273. The first kappa shape index (κ1) is 36.0. The minimum atomic E-state index is 0.0725. The number of carbonyl (C=O) groups is 1. The molecule has 1 saturated heterocycles. The molecule has 0 bridgehead atoms. The lowest BCUT2D eigenvalue weighted by Gasteiger charge is -2.35. The van der Waals surface area contributed by atoms with Crippen LogP contribution in [0.2, 0.25) is 0 Å². The molecule has 0 saturated carbocycles. The first-order chi connectivity index (χ1) is 19.3. The molecule has 228 valence electrons. The van der Waals surface area contributed by atoms with Crippen LogP contribution in [0.1, 0.15) is 194 Å². The third kappa shape index (κ3) is 22.3. The highest BCUT2D eigenvalue weighted by Gasteiger charge is 2.40. The van der Waals surface area contributed by atoms with Crippen LogP contribution < -0.4 is 0 Å². The van der Waals surface area contributed by atoms with Gasteiger partial charge < -0.3 is 4.74 Å². The molecule has 1 fully saturated rings. The van der Waals surface area contributed by atoms with Crippen molar-refractivity contribution in [3.8, 4) is 0 Å². The van der Waals surface area contributed by atoms with Gasteiger partial charge in [-0.15, -0.1) is 0 Å². The molecule has 0 radical (unpaired) electrons. The molecule has 2 atom stereocenters. The zero-order chi connectivity index (χ0) is 28.1. The van der Waals surface area contributed by atoms with Crippen molar-refractivity contribution in [2.75, 3.05) is 0 Å². The third-order valence-corrected chi connectivity index (χ3v) is 8.55. The largest absolute Gasteiger partial charge is 0.461 e. The Hall–Kier alpha value is -1.05. The monoisotopic (exact) mass is 545 g/mol. The van der Waals surface area contributed by atoms with E-state index in [-0.39, 0.29) is 18.0 Å². The van der Waals surface area contributed by atoms with Gasteiger partial charge in [0.15, 0.2) is 0 Å². The molecular formula is C37H68O2. The highest BCUT2D eigenvalue weighted by atomic mass is 16.6. The Morgan fingerprint density at radius 3 is 1.18 bits per heavy atom. The molecule has 0 aliphatic carbocycles. The maximum atomic E-state index is 11.9. The number of hydrogen-bond acceptors (Lipinski definition) is 2. The van der Waals surface area contributed by atoms with Crippen LogP contribution in [-0.2, 0) is 9.53 Å². The van der Waals surface area contributed by atoms with Crippen LogP contribution in [0.5, 0.6) is 0 Å². The molecule has 39 heavy (non-hydrogen) atoms. The van der Waals surface area contributed by atoms with E-state index in [0.717, 1.165) is 12.8 Å². The Morgan fingerprint density at radius 1 is 0.462 bits per heavy atom. The van der Waals surface area contributed by atoms with Gasteiger partial charge in [0.05, 0.1) is 5.92 Å². The van der Waals surface area contributed by atoms with E-state index in [1.807, 2.05) is 0 Å². The summed E-state index contributed by atoms with van der Waals surface area (Å²) in [6.45, 7) is 4.56. The fourth-order valence-corrected chi connectivity index (χ4v) is 5.81. The molecule has 1 rings (SSSR count). The van der Waals surface area contributed by atoms with Crippen LogP contribution in [0.4, 0.5) is 0 Å². The van der Waals surface area contributed by atoms with Crippen LogP contribution in [0, 0.1) is 5.92 Å². The highest BCUT2D eigenvalue weighted by molar-refractivity contribution is 5.78. The summed E-state index contributed by atoms with van der Waals surface area (Å²) in [5.41, 5.74) is 0. The Bertz CT molecular complexity index is 578. The minimum absolute atomic E-state index is 0.0725. The van der Waals surface area contributed by atoms with Crippen molar-refractivity contribution in [2.24, 2.45) is 5.92 Å². The van der Waals surface area contributed by atoms with Gasteiger partial charge in [0.1, 0.15) is 6.10 Å². The van der Waals surface area contributed by atoms with E-state index < -0.39 is 0 Å². The number of allylic oxidation sites excluding steroid dienone is 4. The standard InChI is InChI=1S/C37H68O2/c1-3-5-7-9-11-13-15-17-19-21-23-25-27-29-31-33-35-36(39-37(35)38)34-32-30-28-26-24-22-20-18-16-14-12-10-8-6-4-2/h17-20,35-36H,3-16,21-34H2,1-2H3/b19-17+,20-18+. The normalized spacial score (nSPS) is 17.3. The summed E-state index contributed by atoms with van der Waals surface area (Å²) in [7, 11) is 0. The molecule has 1 heterocycles. The third-order valence-electron chi connectivity index (χ3n) is 8.55. The number of cyclic esters (lactones) is 1. The van der Waals surface area contributed by atoms with Gasteiger partial charge >= 0.3 is 5.97 Å². The fraction of sp³-hybridized carbons (Fsp3) is 0.865. The molecule has 0 amide bonds. The number of unbranched alkanes of at least 4 members (excludes halogenated alkanes) is 22. The minimum Gasteiger partial charge on any atom is -0.461 e. The predicted octanol–water partition coefficient (Wildman–Crippen LogP) is 12.6. The SMILES string of the molecule is CCCCCCCC/C=C/CCCCCCCC1OC(=O)C1CCCCCCC/C=C/CCCCCCCC. The summed E-state index contributed by atoms with van der Waals surface area (Å²) in [6.07, 6.45) is 46.6. The second-order valence-electron chi connectivity index (χ2n) is 12.3. The number of rotatable bonds is 30. The average Bonchev–Trinajstić information content (AvgIpc) is 2.94. The maximum absolute atomic E-state index is 11.9. The zero-order valence-electron chi connectivity index (χ0n) is 26.6. The first-order valence-electron chi connectivity index (χ1n) is 17.8. The van der Waals surface area contributed by atoms with E-state index in [1.54, 1.807) is 0 Å². The van der Waals surface area contributed by atoms with Crippen LogP contribution in [-0.4, -0.2) is 12.1 Å².